The van der Waals surface area contributed by atoms with Crippen molar-refractivity contribution in [2.24, 2.45) is 0 Å². The Kier molecular flexibility index (Phi) is 4.68. The Morgan fingerprint density at radius 3 is 2.84 bits per heavy atom. The van der Waals surface area contributed by atoms with E-state index in [4.69, 9.17) is 0 Å². The van der Waals surface area contributed by atoms with Gasteiger partial charge in [-0.2, -0.15) is 0 Å². The van der Waals surface area contributed by atoms with Crippen LogP contribution in [0.15, 0.2) is 30.6 Å². The van der Waals surface area contributed by atoms with Crippen LogP contribution >= 0.6 is 0 Å². The summed E-state index contributed by atoms with van der Waals surface area (Å²) in [7, 11) is 0. The number of nitrogens with zero attached hydrogens (tertiary/aromatic N) is 1. The van der Waals surface area contributed by atoms with E-state index in [1.807, 2.05) is 12.1 Å². The van der Waals surface area contributed by atoms with Gasteiger partial charge in [-0.3, -0.25) is 9.78 Å². The Morgan fingerprint density at radius 1 is 1.42 bits per heavy atom. The van der Waals surface area contributed by atoms with Crippen molar-refractivity contribution in [1.82, 2.24) is 10.3 Å². The van der Waals surface area contributed by atoms with E-state index < -0.39 is 5.54 Å². The number of aliphatic hydroxyl groups excluding tert-OH is 1. The number of rotatable bonds is 4. The first-order valence-corrected chi connectivity index (χ1v) is 6.75. The molecule has 0 saturated heterocycles. The summed E-state index contributed by atoms with van der Waals surface area (Å²) in [5.74, 6) is -0.153. The van der Waals surface area contributed by atoms with Crippen LogP contribution in [-0.4, -0.2) is 28.1 Å². The van der Waals surface area contributed by atoms with Crippen molar-refractivity contribution in [2.45, 2.75) is 37.6 Å². The van der Waals surface area contributed by atoms with Gasteiger partial charge in [-0.05, 0) is 30.5 Å². The summed E-state index contributed by atoms with van der Waals surface area (Å²) in [5, 5.41) is 12.5. The number of amides is 1. The number of aromatic nitrogens is 1. The van der Waals surface area contributed by atoms with Gasteiger partial charge in [0.05, 0.1) is 12.1 Å². The van der Waals surface area contributed by atoms with Crippen molar-refractivity contribution < 1.29 is 9.90 Å². The lowest BCUT2D eigenvalue weighted by molar-refractivity contribution is -0.119. The molecule has 2 N–H and O–H groups in total. The second-order valence-corrected chi connectivity index (χ2v) is 5.11. The maximum absolute atomic E-state index is 11.9. The summed E-state index contributed by atoms with van der Waals surface area (Å²) in [6, 6.07) is 3.72. The van der Waals surface area contributed by atoms with Crippen LogP contribution in [0.3, 0.4) is 0 Å². The van der Waals surface area contributed by atoms with Crippen LogP contribution in [0, 0.1) is 0 Å². The Hall–Kier alpha value is -1.68. The first kappa shape index (κ1) is 13.7. The van der Waals surface area contributed by atoms with Gasteiger partial charge in [-0.15, -0.1) is 0 Å². The van der Waals surface area contributed by atoms with Crippen LogP contribution in [0.4, 0.5) is 0 Å². The average molecular weight is 260 g/mol. The normalized spacial score (nSPS) is 18.4. The predicted octanol–water partition coefficient (Wildman–Crippen LogP) is 1.91. The molecule has 2 rings (SSSR count). The number of pyridine rings is 1. The maximum Gasteiger partial charge on any atom is 0.244 e. The standard InChI is InChI=1S/C15H20N2O2/c18-12-15(8-2-1-3-9-15)17-14(19)7-6-13-5-4-10-16-11-13/h4-7,10-11,18H,1-3,8-9,12H2,(H,17,19). The molecule has 0 unspecified atom stereocenters. The molecule has 102 valence electrons. The fourth-order valence-electron chi connectivity index (χ4n) is 2.50. The number of nitrogens with one attached hydrogen (secondary N) is 1. The molecule has 4 heteroatoms. The largest absolute Gasteiger partial charge is 0.394 e. The highest BCUT2D eigenvalue weighted by molar-refractivity contribution is 5.92. The molecule has 0 bridgehead atoms. The van der Waals surface area contributed by atoms with E-state index >= 15 is 0 Å². The Balaban J connectivity index is 1.95. The summed E-state index contributed by atoms with van der Waals surface area (Å²) < 4.78 is 0. The van der Waals surface area contributed by atoms with Crippen LogP contribution in [0.25, 0.3) is 6.08 Å². The zero-order valence-corrected chi connectivity index (χ0v) is 11.0. The SMILES string of the molecule is O=C(C=Cc1cccnc1)NC1(CO)CCCCC1. The summed E-state index contributed by atoms with van der Waals surface area (Å²) in [4.78, 5) is 15.9. The second kappa shape index (κ2) is 6.48. The maximum atomic E-state index is 11.9. The second-order valence-electron chi connectivity index (χ2n) is 5.11. The fraction of sp³-hybridized carbons (Fsp3) is 0.467. The Labute approximate surface area is 113 Å². The molecule has 0 aromatic carbocycles. The zero-order chi connectivity index (χ0) is 13.6. The summed E-state index contributed by atoms with van der Waals surface area (Å²) in [6.45, 7) is 0.0134. The summed E-state index contributed by atoms with van der Waals surface area (Å²) in [6.07, 6.45) is 11.7. The highest BCUT2D eigenvalue weighted by Crippen LogP contribution is 2.27. The third kappa shape index (κ3) is 3.89. The third-order valence-corrected chi connectivity index (χ3v) is 3.61. The minimum Gasteiger partial charge on any atom is -0.394 e. The number of carbonyl (C=O) groups is 1. The van der Waals surface area contributed by atoms with Crippen molar-refractivity contribution in [3.8, 4) is 0 Å². The molecule has 1 amide bonds. The Morgan fingerprint density at radius 2 is 2.21 bits per heavy atom. The molecule has 1 fully saturated rings. The smallest absolute Gasteiger partial charge is 0.244 e. The van der Waals surface area contributed by atoms with Gasteiger partial charge in [0, 0.05) is 18.5 Å². The van der Waals surface area contributed by atoms with Crippen LogP contribution in [0.5, 0.6) is 0 Å². The quantitative estimate of drug-likeness (QED) is 0.813. The molecular weight excluding hydrogens is 240 g/mol. The zero-order valence-electron chi connectivity index (χ0n) is 11.0. The number of hydrogen-bond acceptors (Lipinski definition) is 3. The van der Waals surface area contributed by atoms with Crippen LogP contribution in [0.1, 0.15) is 37.7 Å². The van der Waals surface area contributed by atoms with Gasteiger partial charge in [0.15, 0.2) is 0 Å². The van der Waals surface area contributed by atoms with E-state index in [-0.39, 0.29) is 12.5 Å². The molecule has 1 aromatic heterocycles. The summed E-state index contributed by atoms with van der Waals surface area (Å²) in [5.41, 5.74) is 0.466. The van der Waals surface area contributed by atoms with Crippen molar-refractivity contribution in [1.29, 1.82) is 0 Å². The third-order valence-electron chi connectivity index (χ3n) is 3.61. The fourth-order valence-corrected chi connectivity index (χ4v) is 2.50. The van der Waals surface area contributed by atoms with E-state index in [2.05, 4.69) is 10.3 Å². The molecular formula is C15H20N2O2. The molecule has 1 aromatic rings. The van der Waals surface area contributed by atoms with Gasteiger partial charge in [-0.1, -0.05) is 25.3 Å². The van der Waals surface area contributed by atoms with E-state index in [0.717, 1.165) is 31.2 Å². The molecule has 0 radical (unpaired) electrons. The van der Waals surface area contributed by atoms with Crippen molar-refractivity contribution in [2.75, 3.05) is 6.61 Å². The number of aliphatic hydroxyl groups is 1. The lowest BCUT2D eigenvalue weighted by Crippen LogP contribution is -2.52. The molecule has 1 saturated carbocycles. The highest BCUT2D eigenvalue weighted by atomic mass is 16.3. The van der Waals surface area contributed by atoms with E-state index in [1.54, 1.807) is 18.5 Å². The summed E-state index contributed by atoms with van der Waals surface area (Å²) >= 11 is 0. The molecule has 0 spiro atoms. The van der Waals surface area contributed by atoms with Crippen LogP contribution in [0.2, 0.25) is 0 Å². The highest BCUT2D eigenvalue weighted by Gasteiger charge is 2.32. The minimum absolute atomic E-state index is 0.0134. The van der Waals surface area contributed by atoms with Gasteiger partial charge in [0.25, 0.3) is 0 Å². The van der Waals surface area contributed by atoms with Crippen LogP contribution in [-0.2, 0) is 4.79 Å². The van der Waals surface area contributed by atoms with Crippen molar-refractivity contribution in [3.05, 3.63) is 36.2 Å². The number of carbonyl (C=O) groups excluding carboxylic acids is 1. The lowest BCUT2D eigenvalue weighted by Gasteiger charge is -2.36. The molecule has 0 atom stereocenters. The van der Waals surface area contributed by atoms with Gasteiger partial charge in [-0.25, -0.2) is 0 Å². The van der Waals surface area contributed by atoms with E-state index in [1.165, 1.54) is 12.5 Å². The molecule has 1 aliphatic rings. The van der Waals surface area contributed by atoms with Crippen LogP contribution < -0.4 is 5.32 Å². The Bertz CT molecular complexity index is 437. The lowest BCUT2D eigenvalue weighted by atomic mass is 9.82. The molecule has 0 aliphatic heterocycles. The van der Waals surface area contributed by atoms with Gasteiger partial charge in [0.2, 0.25) is 5.91 Å². The average Bonchev–Trinajstić information content (AvgIpc) is 2.47. The minimum atomic E-state index is -0.422. The molecule has 1 aliphatic carbocycles. The van der Waals surface area contributed by atoms with E-state index in [0.29, 0.717) is 0 Å². The van der Waals surface area contributed by atoms with Gasteiger partial charge in [0.1, 0.15) is 0 Å². The number of hydrogen-bond donors (Lipinski definition) is 2. The van der Waals surface area contributed by atoms with Crippen molar-refractivity contribution >= 4 is 12.0 Å². The van der Waals surface area contributed by atoms with E-state index in [9.17, 15) is 9.90 Å². The molecule has 4 nitrogen and oxygen atoms in total. The monoisotopic (exact) mass is 260 g/mol. The first-order valence-electron chi connectivity index (χ1n) is 6.75. The topological polar surface area (TPSA) is 62.2 Å². The van der Waals surface area contributed by atoms with Gasteiger partial charge >= 0.3 is 0 Å². The molecule has 19 heavy (non-hydrogen) atoms. The predicted molar refractivity (Wildman–Crippen MR) is 74.3 cm³/mol. The molecule has 1 heterocycles. The van der Waals surface area contributed by atoms with Gasteiger partial charge < -0.3 is 10.4 Å². The first-order chi connectivity index (χ1) is 9.24. The van der Waals surface area contributed by atoms with Crippen molar-refractivity contribution in [3.63, 3.8) is 0 Å².